The van der Waals surface area contributed by atoms with E-state index in [1.165, 1.54) is 0 Å². The molecular formula is C18H22N2O3. The highest BCUT2D eigenvalue weighted by atomic mass is 16.5. The molecule has 0 saturated heterocycles. The van der Waals surface area contributed by atoms with E-state index in [4.69, 9.17) is 9.47 Å². The maximum absolute atomic E-state index is 12.4. The third kappa shape index (κ3) is 4.39. The number of amides is 1. The first-order valence-electron chi connectivity index (χ1n) is 7.39. The van der Waals surface area contributed by atoms with E-state index < -0.39 is 6.04 Å². The fourth-order valence-corrected chi connectivity index (χ4v) is 2.20. The van der Waals surface area contributed by atoms with Crippen molar-refractivity contribution in [2.75, 3.05) is 24.9 Å². The molecule has 0 saturated carbocycles. The molecule has 0 spiro atoms. The van der Waals surface area contributed by atoms with Gasteiger partial charge in [0.25, 0.3) is 0 Å². The predicted molar refractivity (Wildman–Crippen MR) is 92.4 cm³/mol. The summed E-state index contributed by atoms with van der Waals surface area (Å²) >= 11 is 0. The molecule has 5 heteroatoms. The minimum Gasteiger partial charge on any atom is -0.497 e. The Kier molecular flexibility index (Phi) is 5.46. The Morgan fingerprint density at radius 2 is 1.87 bits per heavy atom. The number of nitrogens with one attached hydrogen (secondary N) is 2. The van der Waals surface area contributed by atoms with Crippen molar-refractivity contribution < 1.29 is 14.3 Å². The van der Waals surface area contributed by atoms with E-state index in [0.29, 0.717) is 17.2 Å². The van der Waals surface area contributed by atoms with E-state index in [2.05, 4.69) is 10.6 Å². The molecular weight excluding hydrogens is 292 g/mol. The highest BCUT2D eigenvalue weighted by Crippen LogP contribution is 2.29. The van der Waals surface area contributed by atoms with Crippen LogP contribution in [0.3, 0.4) is 0 Å². The molecule has 1 amide bonds. The Balaban J connectivity index is 2.09. The first-order chi connectivity index (χ1) is 11.0. The summed E-state index contributed by atoms with van der Waals surface area (Å²) in [4.78, 5) is 12.4. The van der Waals surface area contributed by atoms with Crippen molar-refractivity contribution in [1.29, 1.82) is 0 Å². The van der Waals surface area contributed by atoms with Crippen LogP contribution in [0.25, 0.3) is 0 Å². The predicted octanol–water partition coefficient (Wildman–Crippen LogP) is 3.45. The monoisotopic (exact) mass is 314 g/mol. The topological polar surface area (TPSA) is 59.6 Å². The van der Waals surface area contributed by atoms with Gasteiger partial charge in [0, 0.05) is 11.8 Å². The second kappa shape index (κ2) is 7.54. The lowest BCUT2D eigenvalue weighted by atomic mass is 10.2. The number of rotatable bonds is 6. The third-order valence-electron chi connectivity index (χ3n) is 3.46. The molecule has 122 valence electrons. The lowest BCUT2D eigenvalue weighted by Gasteiger charge is -2.17. The molecule has 0 radical (unpaired) electrons. The highest BCUT2D eigenvalue weighted by molar-refractivity contribution is 5.97. The molecule has 2 aromatic carbocycles. The molecule has 2 N–H and O–H groups in total. The fourth-order valence-electron chi connectivity index (χ4n) is 2.20. The van der Waals surface area contributed by atoms with Gasteiger partial charge in [-0.05, 0) is 43.7 Å². The minimum atomic E-state index is -0.396. The van der Waals surface area contributed by atoms with E-state index in [1.54, 1.807) is 32.4 Å². The molecule has 1 unspecified atom stereocenters. The molecule has 0 aliphatic rings. The molecule has 0 bridgehead atoms. The Morgan fingerprint density at radius 1 is 1.09 bits per heavy atom. The quantitative estimate of drug-likeness (QED) is 0.857. The van der Waals surface area contributed by atoms with Crippen molar-refractivity contribution in [3.8, 4) is 11.5 Å². The van der Waals surface area contributed by atoms with Gasteiger partial charge in [-0.1, -0.05) is 12.1 Å². The number of ether oxygens (including phenoxy) is 2. The molecule has 0 aromatic heterocycles. The zero-order chi connectivity index (χ0) is 16.8. The molecule has 2 aromatic rings. The maximum atomic E-state index is 12.4. The zero-order valence-electron chi connectivity index (χ0n) is 13.8. The van der Waals surface area contributed by atoms with Gasteiger partial charge in [0.15, 0.2) is 0 Å². The van der Waals surface area contributed by atoms with Crippen LogP contribution in [0.5, 0.6) is 11.5 Å². The largest absolute Gasteiger partial charge is 0.497 e. The van der Waals surface area contributed by atoms with Crippen LogP contribution >= 0.6 is 0 Å². The van der Waals surface area contributed by atoms with Crippen molar-refractivity contribution in [2.45, 2.75) is 19.9 Å². The number of hydrogen-bond acceptors (Lipinski definition) is 4. The lowest BCUT2D eigenvalue weighted by molar-refractivity contribution is -0.116. The number of methoxy groups -OCH3 is 2. The summed E-state index contributed by atoms with van der Waals surface area (Å²) in [6.07, 6.45) is 0. The Hall–Kier alpha value is -2.69. The number of benzene rings is 2. The zero-order valence-corrected chi connectivity index (χ0v) is 13.8. The van der Waals surface area contributed by atoms with Gasteiger partial charge in [0.1, 0.15) is 17.5 Å². The van der Waals surface area contributed by atoms with Crippen LogP contribution in [0.15, 0.2) is 42.5 Å². The van der Waals surface area contributed by atoms with Crippen molar-refractivity contribution in [1.82, 2.24) is 0 Å². The van der Waals surface area contributed by atoms with E-state index in [0.717, 1.165) is 11.3 Å². The number of hydrogen-bond donors (Lipinski definition) is 2. The van der Waals surface area contributed by atoms with Gasteiger partial charge in [-0.15, -0.1) is 0 Å². The molecule has 5 nitrogen and oxygen atoms in total. The summed E-state index contributed by atoms with van der Waals surface area (Å²) in [5.41, 5.74) is 2.62. The first-order valence-corrected chi connectivity index (χ1v) is 7.39. The summed E-state index contributed by atoms with van der Waals surface area (Å²) in [7, 11) is 3.14. The summed E-state index contributed by atoms with van der Waals surface area (Å²) in [6, 6.07) is 12.8. The standard InChI is InChI=1S/C18H22N2O3/c1-12-6-5-7-14(10-12)19-13(2)18(21)20-16-11-15(22-3)8-9-17(16)23-4/h5-11,13,19H,1-4H3,(H,20,21). The van der Waals surface area contributed by atoms with Crippen molar-refractivity contribution >= 4 is 17.3 Å². The van der Waals surface area contributed by atoms with E-state index in [-0.39, 0.29) is 5.91 Å². The van der Waals surface area contributed by atoms with E-state index >= 15 is 0 Å². The van der Waals surface area contributed by atoms with Gasteiger partial charge < -0.3 is 20.1 Å². The Morgan fingerprint density at radius 3 is 2.52 bits per heavy atom. The van der Waals surface area contributed by atoms with Crippen LogP contribution in [0.1, 0.15) is 12.5 Å². The normalized spacial score (nSPS) is 11.5. The summed E-state index contributed by atoms with van der Waals surface area (Å²) in [5.74, 6) is 1.08. The molecule has 0 heterocycles. The molecule has 0 aliphatic heterocycles. The molecule has 1 atom stereocenters. The average molecular weight is 314 g/mol. The van der Waals surface area contributed by atoms with Crippen molar-refractivity contribution in [3.63, 3.8) is 0 Å². The summed E-state index contributed by atoms with van der Waals surface area (Å²) in [5, 5.41) is 6.05. The minimum absolute atomic E-state index is 0.155. The number of anilines is 2. The smallest absolute Gasteiger partial charge is 0.246 e. The van der Waals surface area contributed by atoms with Gasteiger partial charge in [0.05, 0.1) is 19.9 Å². The fraction of sp³-hybridized carbons (Fsp3) is 0.278. The van der Waals surface area contributed by atoms with Crippen molar-refractivity contribution in [3.05, 3.63) is 48.0 Å². The summed E-state index contributed by atoms with van der Waals surface area (Å²) in [6.45, 7) is 3.82. The lowest BCUT2D eigenvalue weighted by Crippen LogP contribution is -2.32. The number of carbonyl (C=O) groups excluding carboxylic acids is 1. The van der Waals surface area contributed by atoms with Crippen LogP contribution in [-0.2, 0) is 4.79 Å². The third-order valence-corrected chi connectivity index (χ3v) is 3.46. The number of aryl methyl sites for hydroxylation is 1. The Bertz CT molecular complexity index is 686. The van der Waals surface area contributed by atoms with Gasteiger partial charge in [-0.2, -0.15) is 0 Å². The van der Waals surface area contributed by atoms with Gasteiger partial charge in [-0.25, -0.2) is 0 Å². The number of carbonyl (C=O) groups is 1. The van der Waals surface area contributed by atoms with Crippen LogP contribution in [0.2, 0.25) is 0 Å². The van der Waals surface area contributed by atoms with Crippen molar-refractivity contribution in [2.24, 2.45) is 0 Å². The van der Waals surface area contributed by atoms with Crippen LogP contribution in [0, 0.1) is 6.92 Å². The second-order valence-corrected chi connectivity index (χ2v) is 5.29. The maximum Gasteiger partial charge on any atom is 0.246 e. The van der Waals surface area contributed by atoms with Crippen LogP contribution < -0.4 is 20.1 Å². The second-order valence-electron chi connectivity index (χ2n) is 5.29. The van der Waals surface area contributed by atoms with Gasteiger partial charge in [0.2, 0.25) is 5.91 Å². The van der Waals surface area contributed by atoms with Gasteiger partial charge in [-0.3, -0.25) is 4.79 Å². The van der Waals surface area contributed by atoms with E-state index in [1.807, 2.05) is 38.1 Å². The van der Waals surface area contributed by atoms with Crippen LogP contribution in [-0.4, -0.2) is 26.2 Å². The SMILES string of the molecule is COc1ccc(OC)c(NC(=O)C(C)Nc2cccc(C)c2)c1. The summed E-state index contributed by atoms with van der Waals surface area (Å²) < 4.78 is 10.5. The molecule has 2 rings (SSSR count). The molecule has 23 heavy (non-hydrogen) atoms. The highest BCUT2D eigenvalue weighted by Gasteiger charge is 2.15. The molecule has 0 aliphatic carbocycles. The van der Waals surface area contributed by atoms with Gasteiger partial charge >= 0.3 is 0 Å². The Labute approximate surface area is 136 Å². The average Bonchev–Trinajstić information content (AvgIpc) is 2.54. The molecule has 0 fully saturated rings. The first kappa shape index (κ1) is 16.7. The van der Waals surface area contributed by atoms with Crippen LogP contribution in [0.4, 0.5) is 11.4 Å². The van der Waals surface area contributed by atoms with E-state index in [9.17, 15) is 4.79 Å².